The maximum atomic E-state index is 13.3. The highest BCUT2D eigenvalue weighted by Gasteiger charge is 2.25. The van der Waals surface area contributed by atoms with Crippen LogP contribution >= 0.6 is 0 Å². The van der Waals surface area contributed by atoms with Crippen LogP contribution in [0.3, 0.4) is 0 Å². The van der Waals surface area contributed by atoms with Gasteiger partial charge in [0.1, 0.15) is 5.82 Å². The molecule has 1 fully saturated rings. The molecule has 1 atom stereocenters. The number of rotatable bonds is 4. The predicted octanol–water partition coefficient (Wildman–Crippen LogP) is 2.58. The van der Waals surface area contributed by atoms with Crippen molar-refractivity contribution in [2.75, 3.05) is 52.2 Å². The molecule has 4 rings (SSSR count). The molecule has 2 aliphatic rings. The number of anilines is 4. The first kappa shape index (κ1) is 24.2. The minimum absolute atomic E-state index is 0.319. The van der Waals surface area contributed by atoms with Gasteiger partial charge in [0, 0.05) is 31.4 Å². The average Bonchev–Trinajstić information content (AvgIpc) is 2.78. The second-order valence-electron chi connectivity index (χ2n) is 8.93. The topological polar surface area (TPSA) is 137 Å². The summed E-state index contributed by atoms with van der Waals surface area (Å²) >= 11 is 0. The number of aliphatic hydroxyl groups excluding tert-OH is 1. The summed E-state index contributed by atoms with van der Waals surface area (Å²) in [6, 6.07) is 6.63. The fourth-order valence-corrected chi connectivity index (χ4v) is 5.40. The highest BCUT2D eigenvalue weighted by molar-refractivity contribution is 7.92. The molecule has 3 heterocycles. The maximum absolute atomic E-state index is 13.3. The van der Waals surface area contributed by atoms with Gasteiger partial charge in [0.15, 0.2) is 0 Å². The number of piperidine rings is 1. The quantitative estimate of drug-likeness (QED) is 0.516. The fourth-order valence-electron chi connectivity index (χ4n) is 4.57. The van der Waals surface area contributed by atoms with Crippen molar-refractivity contribution in [2.45, 2.75) is 39.0 Å². The lowest BCUT2D eigenvalue weighted by Crippen LogP contribution is -2.36. The number of hydrogen-bond acceptors (Lipinski definition) is 8. The lowest BCUT2D eigenvalue weighted by atomic mass is 9.92. The summed E-state index contributed by atoms with van der Waals surface area (Å²) in [7, 11) is -3.68. The molecule has 1 unspecified atom stereocenters. The van der Waals surface area contributed by atoms with E-state index in [4.69, 9.17) is 5.11 Å². The van der Waals surface area contributed by atoms with E-state index in [1.54, 1.807) is 24.3 Å². The van der Waals surface area contributed by atoms with Crippen molar-refractivity contribution < 1.29 is 18.3 Å². The number of aromatic nitrogens is 2. The van der Waals surface area contributed by atoms with Crippen LogP contribution in [0, 0.1) is 12.8 Å². The van der Waals surface area contributed by atoms with E-state index < -0.39 is 16.6 Å². The second kappa shape index (κ2) is 10.6. The molecular weight excluding hydrogens is 456 g/mol. The van der Waals surface area contributed by atoms with Gasteiger partial charge in [-0.05, 0) is 56.7 Å². The summed E-state index contributed by atoms with van der Waals surface area (Å²) in [4.78, 5) is 24.4. The molecule has 34 heavy (non-hydrogen) atoms. The van der Waals surface area contributed by atoms with Gasteiger partial charge in [-0.2, -0.15) is 4.98 Å². The van der Waals surface area contributed by atoms with Gasteiger partial charge in [-0.3, -0.25) is 9.52 Å². The third-order valence-electron chi connectivity index (χ3n) is 6.15. The van der Waals surface area contributed by atoms with Crippen molar-refractivity contribution in [1.82, 2.24) is 9.97 Å². The molecule has 0 radical (unpaired) electrons. The van der Waals surface area contributed by atoms with Crippen LogP contribution in [0.4, 0.5) is 23.1 Å². The summed E-state index contributed by atoms with van der Waals surface area (Å²) in [5, 5.41) is 15.2. The molecule has 2 aromatic rings. The SMILES string of the molecule is Cc1cc2nc(n1)NCCCCC1CCCN(C1)c1cc(NS(=O)(=O)CCO)ccc1C(=O)N2. The highest BCUT2D eigenvalue weighted by atomic mass is 32.2. The minimum Gasteiger partial charge on any atom is -0.395 e. The van der Waals surface area contributed by atoms with Crippen molar-refractivity contribution in [3.63, 3.8) is 0 Å². The number of aliphatic hydroxyl groups is 1. The first-order chi connectivity index (χ1) is 16.3. The van der Waals surface area contributed by atoms with Gasteiger partial charge in [-0.1, -0.05) is 6.42 Å². The Bertz CT molecular complexity index is 1140. The number of fused-ring (bicyclic) bond motifs is 6. The molecule has 10 nitrogen and oxygen atoms in total. The molecule has 4 N–H and O–H groups in total. The van der Waals surface area contributed by atoms with Gasteiger partial charge in [0.05, 0.1) is 29.3 Å². The number of amides is 1. The largest absolute Gasteiger partial charge is 0.395 e. The van der Waals surface area contributed by atoms with Crippen molar-refractivity contribution in [1.29, 1.82) is 0 Å². The normalized spacial score (nSPS) is 19.2. The Morgan fingerprint density at radius 2 is 2.00 bits per heavy atom. The Kier molecular flexibility index (Phi) is 7.52. The third kappa shape index (κ3) is 6.15. The number of nitrogens with zero attached hydrogens (tertiary/aromatic N) is 3. The van der Waals surface area contributed by atoms with Crippen molar-refractivity contribution in [3.8, 4) is 0 Å². The van der Waals surface area contributed by atoms with Crippen LogP contribution in [0.25, 0.3) is 0 Å². The van der Waals surface area contributed by atoms with Crippen LogP contribution in [0.1, 0.15) is 48.2 Å². The van der Waals surface area contributed by atoms with Gasteiger partial charge in [0.2, 0.25) is 16.0 Å². The molecule has 1 aromatic heterocycles. The average molecular weight is 489 g/mol. The van der Waals surface area contributed by atoms with E-state index in [1.807, 2.05) is 6.92 Å². The second-order valence-corrected chi connectivity index (χ2v) is 10.8. The molecule has 4 bridgehead atoms. The van der Waals surface area contributed by atoms with Gasteiger partial charge in [0.25, 0.3) is 5.91 Å². The Morgan fingerprint density at radius 3 is 2.82 bits per heavy atom. The number of hydrogen-bond donors (Lipinski definition) is 4. The van der Waals surface area contributed by atoms with Gasteiger partial charge < -0.3 is 20.6 Å². The number of carbonyl (C=O) groups excluding carboxylic acids is 1. The Balaban J connectivity index is 1.71. The summed E-state index contributed by atoms with van der Waals surface area (Å²) in [5.41, 5.74) is 2.24. The number of sulfonamides is 1. The van der Waals surface area contributed by atoms with Crippen LogP contribution in [-0.4, -0.2) is 61.4 Å². The van der Waals surface area contributed by atoms with E-state index in [1.165, 1.54) is 0 Å². The number of benzene rings is 1. The van der Waals surface area contributed by atoms with E-state index in [-0.39, 0.29) is 11.7 Å². The number of aryl methyl sites for hydroxylation is 1. The van der Waals surface area contributed by atoms with Gasteiger partial charge >= 0.3 is 0 Å². The van der Waals surface area contributed by atoms with Crippen LogP contribution in [0.2, 0.25) is 0 Å². The minimum atomic E-state index is -3.68. The molecule has 1 aromatic carbocycles. The Labute approximate surface area is 200 Å². The standard InChI is InChI=1S/C23H32N6O4S/c1-16-13-21-26-22(31)19-8-7-18(28-34(32,33)12-11-30)14-20(19)29-10-4-6-17(15-29)5-2-3-9-24-23(25-16)27-21/h7-8,13-14,17,28,30H,2-6,9-12,15H2,1H3,(H2,24,25,26,27,31). The molecular formula is C23H32N6O4S. The molecule has 0 spiro atoms. The molecule has 11 heteroatoms. The van der Waals surface area contributed by atoms with E-state index in [0.29, 0.717) is 34.6 Å². The van der Waals surface area contributed by atoms with E-state index in [9.17, 15) is 13.2 Å². The maximum Gasteiger partial charge on any atom is 0.258 e. The molecule has 0 aliphatic carbocycles. The molecule has 1 saturated heterocycles. The van der Waals surface area contributed by atoms with Crippen LogP contribution in [0.15, 0.2) is 24.3 Å². The van der Waals surface area contributed by atoms with E-state index in [2.05, 4.69) is 30.2 Å². The predicted molar refractivity (Wildman–Crippen MR) is 133 cm³/mol. The lowest BCUT2D eigenvalue weighted by Gasteiger charge is -2.35. The van der Waals surface area contributed by atoms with Crippen LogP contribution in [-0.2, 0) is 10.0 Å². The number of carbonyl (C=O) groups is 1. The van der Waals surface area contributed by atoms with E-state index >= 15 is 0 Å². The first-order valence-corrected chi connectivity index (χ1v) is 13.4. The van der Waals surface area contributed by atoms with Crippen molar-refractivity contribution in [3.05, 3.63) is 35.5 Å². The van der Waals surface area contributed by atoms with Gasteiger partial charge in [-0.15, -0.1) is 0 Å². The molecule has 0 saturated carbocycles. The summed E-state index contributed by atoms with van der Waals surface area (Å²) in [6.45, 7) is 3.76. The lowest BCUT2D eigenvalue weighted by molar-refractivity contribution is 0.102. The van der Waals surface area contributed by atoms with Crippen molar-refractivity contribution >= 4 is 39.1 Å². The van der Waals surface area contributed by atoms with Crippen LogP contribution in [0.5, 0.6) is 0 Å². The molecule has 184 valence electrons. The zero-order valence-corrected chi connectivity index (χ0v) is 20.2. The zero-order chi connectivity index (χ0) is 24.1. The Morgan fingerprint density at radius 1 is 1.18 bits per heavy atom. The van der Waals surface area contributed by atoms with Crippen molar-refractivity contribution in [2.24, 2.45) is 5.92 Å². The zero-order valence-electron chi connectivity index (χ0n) is 19.4. The fraction of sp³-hybridized carbons (Fsp3) is 0.522. The summed E-state index contributed by atoms with van der Waals surface area (Å²) < 4.78 is 26.9. The monoisotopic (exact) mass is 488 g/mol. The smallest absolute Gasteiger partial charge is 0.258 e. The molecule has 2 aliphatic heterocycles. The third-order valence-corrected chi connectivity index (χ3v) is 7.42. The van der Waals surface area contributed by atoms with Crippen LogP contribution < -0.4 is 20.3 Å². The molecule has 1 amide bonds. The highest BCUT2D eigenvalue weighted by Crippen LogP contribution is 2.32. The summed E-state index contributed by atoms with van der Waals surface area (Å²) in [6.07, 6.45) is 5.31. The van der Waals surface area contributed by atoms with E-state index in [0.717, 1.165) is 57.4 Å². The Hall–Kier alpha value is -2.92. The number of nitrogens with one attached hydrogen (secondary N) is 3. The summed E-state index contributed by atoms with van der Waals surface area (Å²) in [5.74, 6) is 0.691. The first-order valence-electron chi connectivity index (χ1n) is 11.7. The van der Waals surface area contributed by atoms with Gasteiger partial charge in [-0.25, -0.2) is 13.4 Å².